The summed E-state index contributed by atoms with van der Waals surface area (Å²) in [6.45, 7) is 2.12. The van der Waals surface area contributed by atoms with Crippen LogP contribution in [0.2, 0.25) is 0 Å². The van der Waals surface area contributed by atoms with Crippen molar-refractivity contribution >= 4 is 5.91 Å². The van der Waals surface area contributed by atoms with E-state index in [-0.39, 0.29) is 5.56 Å². The van der Waals surface area contributed by atoms with Crippen LogP contribution in [0.15, 0.2) is 18.2 Å². The van der Waals surface area contributed by atoms with Gasteiger partial charge in [0.15, 0.2) is 0 Å². The minimum atomic E-state index is -0.885. The lowest BCUT2D eigenvalue weighted by Gasteiger charge is -2.35. The fraction of sp³-hybridized carbons (Fsp3) is 0.500. The summed E-state index contributed by atoms with van der Waals surface area (Å²) in [6, 6.07) is 5.43. The van der Waals surface area contributed by atoms with Crippen molar-refractivity contribution in [1.82, 2.24) is 5.32 Å². The number of benzene rings is 1. The quantitative estimate of drug-likeness (QED) is 0.898. The summed E-state index contributed by atoms with van der Waals surface area (Å²) in [5, 5.41) is 21.8. The van der Waals surface area contributed by atoms with Crippen molar-refractivity contribution < 1.29 is 14.3 Å². The van der Waals surface area contributed by atoms with Gasteiger partial charge in [0.2, 0.25) is 0 Å². The van der Waals surface area contributed by atoms with Crippen molar-refractivity contribution in [3.8, 4) is 11.8 Å². The molecule has 112 valence electrons. The molecule has 5 heteroatoms. The zero-order chi connectivity index (χ0) is 15.5. The van der Waals surface area contributed by atoms with Crippen LogP contribution in [0.25, 0.3) is 0 Å². The van der Waals surface area contributed by atoms with E-state index in [1.165, 1.54) is 6.07 Å². The van der Waals surface area contributed by atoms with E-state index in [1.54, 1.807) is 0 Å². The Morgan fingerprint density at radius 3 is 2.71 bits per heavy atom. The van der Waals surface area contributed by atoms with Crippen molar-refractivity contribution in [2.45, 2.75) is 44.6 Å². The van der Waals surface area contributed by atoms with E-state index in [9.17, 15) is 19.6 Å². The maximum absolute atomic E-state index is 12.9. The van der Waals surface area contributed by atoms with Crippen LogP contribution in [0.3, 0.4) is 0 Å². The third kappa shape index (κ3) is 3.33. The molecule has 0 bridgehead atoms. The van der Waals surface area contributed by atoms with Crippen LogP contribution in [-0.4, -0.2) is 16.6 Å². The van der Waals surface area contributed by atoms with Crippen LogP contribution in [0, 0.1) is 23.1 Å². The van der Waals surface area contributed by atoms with Gasteiger partial charge in [-0.15, -0.1) is 0 Å². The fourth-order valence-electron chi connectivity index (χ4n) is 2.82. The van der Waals surface area contributed by atoms with Gasteiger partial charge < -0.3 is 10.4 Å². The second-order valence-electron chi connectivity index (χ2n) is 5.66. The van der Waals surface area contributed by atoms with Crippen molar-refractivity contribution in [1.29, 1.82) is 5.26 Å². The topological polar surface area (TPSA) is 73.1 Å². The van der Waals surface area contributed by atoms with Gasteiger partial charge in [0.25, 0.3) is 5.91 Å². The molecule has 1 aromatic rings. The third-order valence-electron chi connectivity index (χ3n) is 4.31. The first kappa shape index (κ1) is 15.3. The number of nitrogens with one attached hydrogen (secondary N) is 1. The number of carbonyl (C=O) groups is 1. The van der Waals surface area contributed by atoms with Gasteiger partial charge in [-0.25, -0.2) is 4.39 Å². The first-order valence-electron chi connectivity index (χ1n) is 7.22. The Labute approximate surface area is 123 Å². The summed E-state index contributed by atoms with van der Waals surface area (Å²) in [7, 11) is 0. The molecule has 4 nitrogen and oxygen atoms in total. The average Bonchev–Trinajstić information content (AvgIpc) is 2.47. The van der Waals surface area contributed by atoms with E-state index >= 15 is 0 Å². The highest BCUT2D eigenvalue weighted by atomic mass is 19.1. The summed E-state index contributed by atoms with van der Waals surface area (Å²) in [4.78, 5) is 12.2. The zero-order valence-corrected chi connectivity index (χ0v) is 12.0. The molecule has 1 aromatic carbocycles. The standard InChI is InChI=1S/C16H19FN2O2/c1-2-11-5-7-16(10-18,8-6-11)19-15(21)13-4-3-12(17)9-14(13)20/h3-4,9,11,20H,2,5-8H2,1H3,(H,19,21). The molecule has 0 atom stereocenters. The lowest BCUT2D eigenvalue weighted by atomic mass is 9.76. The zero-order valence-electron chi connectivity index (χ0n) is 12.0. The third-order valence-corrected chi connectivity index (χ3v) is 4.31. The van der Waals surface area contributed by atoms with Gasteiger partial charge >= 0.3 is 0 Å². The number of nitrogens with zero attached hydrogens (tertiary/aromatic N) is 1. The summed E-state index contributed by atoms with van der Waals surface area (Å²) >= 11 is 0. The highest BCUT2D eigenvalue weighted by molar-refractivity contribution is 5.97. The number of rotatable bonds is 3. The number of aromatic hydroxyl groups is 1. The Morgan fingerprint density at radius 1 is 1.52 bits per heavy atom. The average molecular weight is 290 g/mol. The number of halogens is 1. The second-order valence-corrected chi connectivity index (χ2v) is 5.66. The van der Waals surface area contributed by atoms with Crippen molar-refractivity contribution in [3.05, 3.63) is 29.6 Å². The molecule has 0 spiro atoms. The van der Waals surface area contributed by atoms with Gasteiger partial charge in [-0.05, 0) is 43.7 Å². The summed E-state index contributed by atoms with van der Waals surface area (Å²) < 4.78 is 12.9. The van der Waals surface area contributed by atoms with Crippen LogP contribution in [0.1, 0.15) is 49.4 Å². The van der Waals surface area contributed by atoms with Crippen molar-refractivity contribution in [2.24, 2.45) is 5.92 Å². The van der Waals surface area contributed by atoms with Crippen LogP contribution >= 0.6 is 0 Å². The minimum absolute atomic E-state index is 0.0105. The molecule has 0 heterocycles. The Balaban J connectivity index is 2.12. The second kappa shape index (κ2) is 6.13. The largest absolute Gasteiger partial charge is 0.507 e. The fourth-order valence-corrected chi connectivity index (χ4v) is 2.82. The van der Waals surface area contributed by atoms with E-state index in [1.807, 2.05) is 0 Å². The van der Waals surface area contributed by atoms with E-state index in [0.29, 0.717) is 18.8 Å². The molecule has 1 fully saturated rings. The molecule has 1 aliphatic rings. The van der Waals surface area contributed by atoms with Gasteiger partial charge in [0.1, 0.15) is 17.1 Å². The van der Waals surface area contributed by atoms with Crippen LogP contribution in [0.5, 0.6) is 5.75 Å². The summed E-state index contributed by atoms with van der Waals surface area (Å²) in [6.07, 6.45) is 4.10. The van der Waals surface area contributed by atoms with Crippen LogP contribution < -0.4 is 5.32 Å². The molecule has 1 saturated carbocycles. The number of nitriles is 1. The van der Waals surface area contributed by atoms with Gasteiger partial charge in [-0.2, -0.15) is 5.26 Å². The molecule has 1 amide bonds. The molecule has 21 heavy (non-hydrogen) atoms. The molecule has 1 aliphatic carbocycles. The Bertz CT molecular complexity index is 572. The SMILES string of the molecule is CCC1CCC(C#N)(NC(=O)c2ccc(F)cc2O)CC1. The highest BCUT2D eigenvalue weighted by Crippen LogP contribution is 2.34. The normalized spacial score (nSPS) is 25.1. The van der Waals surface area contributed by atoms with Crippen molar-refractivity contribution in [3.63, 3.8) is 0 Å². The van der Waals surface area contributed by atoms with E-state index in [2.05, 4.69) is 18.3 Å². The lowest BCUT2D eigenvalue weighted by Crippen LogP contribution is -2.49. The first-order chi connectivity index (χ1) is 9.99. The predicted molar refractivity (Wildman–Crippen MR) is 76.1 cm³/mol. The Kier molecular flexibility index (Phi) is 4.46. The van der Waals surface area contributed by atoms with E-state index in [0.717, 1.165) is 31.4 Å². The van der Waals surface area contributed by atoms with E-state index < -0.39 is 23.0 Å². The molecule has 0 unspecified atom stereocenters. The monoisotopic (exact) mass is 290 g/mol. The molecule has 0 saturated heterocycles. The minimum Gasteiger partial charge on any atom is -0.507 e. The molecular formula is C16H19FN2O2. The lowest BCUT2D eigenvalue weighted by molar-refractivity contribution is 0.0888. The number of phenols is 1. The number of phenolic OH excluding ortho intramolecular Hbond substituents is 1. The highest BCUT2D eigenvalue weighted by Gasteiger charge is 2.36. The smallest absolute Gasteiger partial charge is 0.256 e. The summed E-state index contributed by atoms with van der Waals surface area (Å²) in [5.41, 5.74) is -0.896. The molecular weight excluding hydrogens is 271 g/mol. The Hall–Kier alpha value is -2.09. The number of hydrogen-bond donors (Lipinski definition) is 2. The van der Waals surface area contributed by atoms with Gasteiger partial charge in [-0.3, -0.25) is 4.79 Å². The molecule has 0 aliphatic heterocycles. The molecule has 0 radical (unpaired) electrons. The first-order valence-corrected chi connectivity index (χ1v) is 7.22. The molecule has 2 N–H and O–H groups in total. The van der Waals surface area contributed by atoms with Gasteiger partial charge in [-0.1, -0.05) is 13.3 Å². The van der Waals surface area contributed by atoms with E-state index in [4.69, 9.17) is 0 Å². The number of amides is 1. The maximum Gasteiger partial charge on any atom is 0.256 e. The van der Waals surface area contributed by atoms with Gasteiger partial charge in [0.05, 0.1) is 11.6 Å². The number of carbonyl (C=O) groups excluding carboxylic acids is 1. The molecule has 2 rings (SSSR count). The van der Waals surface area contributed by atoms with Crippen molar-refractivity contribution in [2.75, 3.05) is 0 Å². The number of hydrogen-bond acceptors (Lipinski definition) is 3. The van der Waals surface area contributed by atoms with Crippen LogP contribution in [-0.2, 0) is 0 Å². The maximum atomic E-state index is 12.9. The Morgan fingerprint density at radius 2 is 2.19 bits per heavy atom. The molecule has 0 aromatic heterocycles. The van der Waals surface area contributed by atoms with Gasteiger partial charge in [0, 0.05) is 6.07 Å². The summed E-state index contributed by atoms with van der Waals surface area (Å²) in [5.74, 6) is -0.961. The van der Waals surface area contributed by atoms with Crippen LogP contribution in [0.4, 0.5) is 4.39 Å². The predicted octanol–water partition coefficient (Wildman–Crippen LogP) is 3.12.